The van der Waals surface area contributed by atoms with Crippen molar-refractivity contribution in [3.05, 3.63) is 101 Å². The first kappa shape index (κ1) is 29.0. The molecular weight excluding hydrogens is 566 g/mol. The second-order valence-corrected chi connectivity index (χ2v) is 12.0. The highest BCUT2D eigenvalue weighted by Crippen LogP contribution is 2.40. The number of aryl methyl sites for hydroxylation is 1. The lowest BCUT2D eigenvalue weighted by Gasteiger charge is -2.27. The van der Waals surface area contributed by atoms with E-state index in [-0.39, 0.29) is 35.5 Å². The molecule has 1 amide bonds. The molecule has 2 unspecified atom stereocenters. The number of aromatic carboxylic acids is 1. The average Bonchev–Trinajstić information content (AvgIpc) is 3.70. The lowest BCUT2D eigenvalue weighted by atomic mass is 9.93. The number of dihydropyridines is 1. The Labute approximate surface area is 262 Å². The van der Waals surface area contributed by atoms with Gasteiger partial charge in [-0.3, -0.25) is 15.1 Å². The van der Waals surface area contributed by atoms with Gasteiger partial charge in [-0.05, 0) is 96.2 Å². The van der Waals surface area contributed by atoms with Crippen molar-refractivity contribution in [2.24, 2.45) is 10.9 Å². The van der Waals surface area contributed by atoms with Gasteiger partial charge in [-0.15, -0.1) is 0 Å². The number of carboxylic acid groups (broad SMARTS) is 1. The van der Waals surface area contributed by atoms with Gasteiger partial charge in [-0.25, -0.2) is 9.48 Å². The molecule has 2 atom stereocenters. The summed E-state index contributed by atoms with van der Waals surface area (Å²) in [6, 6.07) is 14.5. The highest BCUT2D eigenvalue weighted by atomic mass is 16.5. The third-order valence-electron chi connectivity index (χ3n) is 9.19. The van der Waals surface area contributed by atoms with Crippen molar-refractivity contribution in [2.75, 3.05) is 13.7 Å². The number of carbonyl (C=O) groups is 2. The molecule has 3 heterocycles. The first-order valence-electron chi connectivity index (χ1n) is 15.8. The number of methoxy groups -OCH3 is 1. The lowest BCUT2D eigenvalue weighted by molar-refractivity contribution is -0.130. The number of hydrogen-bond acceptors (Lipinski definition) is 6. The van der Waals surface area contributed by atoms with E-state index in [1.54, 1.807) is 0 Å². The topological polar surface area (TPSA) is 109 Å². The fourth-order valence-corrected chi connectivity index (χ4v) is 6.76. The number of aliphatic imine (C=N–C) groups is 1. The maximum absolute atomic E-state index is 12.5. The highest BCUT2D eigenvalue weighted by molar-refractivity contribution is 6.04. The molecule has 4 aliphatic rings. The predicted molar refractivity (Wildman–Crippen MR) is 173 cm³/mol. The Balaban J connectivity index is 1.13. The fraction of sp³-hybridized carbons (Fsp3) is 0.333. The second kappa shape index (κ2) is 12.0. The number of ether oxygens (including phenoxy) is 1. The number of amides is 1. The number of allylic oxidation sites excluding steroid dienone is 3. The van der Waals surface area contributed by atoms with Crippen molar-refractivity contribution in [1.82, 2.24) is 20.0 Å². The molecule has 230 valence electrons. The predicted octanol–water partition coefficient (Wildman–Crippen LogP) is 6.02. The standard InChI is InChI=1S/C36H37N5O4/c1-3-30-27(22-16-18-40(19-17-22)34(42)24-10-11-24)13-15-32(38-30)39-31-14-12-23-6-5-9-28(33(23)31)25-7-4-8-26(20-25)41-35(45-2)29(21-37-41)36(43)44/h4-9,13,15-16,18,20-21,24,31-32,39H,3,10-12,14,17,19H2,1-2H3,(H,43,44). The Kier molecular flexibility index (Phi) is 7.71. The number of hydrogen-bond donors (Lipinski definition) is 2. The van der Waals surface area contributed by atoms with Gasteiger partial charge in [0.1, 0.15) is 11.7 Å². The normalized spacial score (nSPS) is 22.4. The average molecular weight is 604 g/mol. The Hall–Kier alpha value is -4.76. The second-order valence-electron chi connectivity index (χ2n) is 12.0. The smallest absolute Gasteiger partial charge is 0.342 e. The number of carboxylic acids is 1. The molecule has 1 fully saturated rings. The molecule has 9 heteroatoms. The summed E-state index contributed by atoms with van der Waals surface area (Å²) in [5.41, 5.74) is 8.99. The molecule has 2 aliphatic carbocycles. The largest absolute Gasteiger partial charge is 0.480 e. The van der Waals surface area contributed by atoms with Gasteiger partial charge in [0.2, 0.25) is 11.8 Å². The van der Waals surface area contributed by atoms with Gasteiger partial charge in [0.15, 0.2) is 0 Å². The van der Waals surface area contributed by atoms with E-state index in [2.05, 4.69) is 59.8 Å². The van der Waals surface area contributed by atoms with E-state index in [1.807, 2.05) is 29.3 Å². The van der Waals surface area contributed by atoms with Crippen molar-refractivity contribution in [1.29, 1.82) is 0 Å². The van der Waals surface area contributed by atoms with Crippen LogP contribution in [0.5, 0.6) is 5.88 Å². The van der Waals surface area contributed by atoms with E-state index in [0.29, 0.717) is 0 Å². The molecule has 7 rings (SSSR count). The summed E-state index contributed by atoms with van der Waals surface area (Å²) in [6.07, 6.45) is 15.3. The number of aromatic nitrogens is 2. The van der Waals surface area contributed by atoms with Crippen molar-refractivity contribution in [3.63, 3.8) is 0 Å². The summed E-state index contributed by atoms with van der Waals surface area (Å²) in [5, 5.41) is 17.7. The number of nitrogens with zero attached hydrogens (tertiary/aromatic N) is 4. The van der Waals surface area contributed by atoms with Crippen LogP contribution in [0.2, 0.25) is 0 Å². The first-order valence-corrected chi connectivity index (χ1v) is 15.8. The van der Waals surface area contributed by atoms with Crippen LogP contribution in [0.1, 0.15) is 66.6 Å². The van der Waals surface area contributed by atoms with E-state index in [1.165, 1.54) is 40.3 Å². The van der Waals surface area contributed by atoms with Crippen molar-refractivity contribution in [2.45, 2.75) is 57.7 Å². The van der Waals surface area contributed by atoms with Crippen LogP contribution in [-0.2, 0) is 11.2 Å². The van der Waals surface area contributed by atoms with Crippen molar-refractivity contribution < 1.29 is 19.4 Å². The maximum atomic E-state index is 12.5. The van der Waals surface area contributed by atoms with Crippen molar-refractivity contribution >= 4 is 17.6 Å². The van der Waals surface area contributed by atoms with Gasteiger partial charge in [0, 0.05) is 30.4 Å². The molecule has 0 saturated heterocycles. The SMILES string of the molecule is CCC1=NC(NC2CCc3cccc(-c4cccc(-n5ncc(C(=O)O)c5OC)c4)c32)C=CC1=C1C=CN(C(=O)C2CC2)CC1. The number of carbonyl (C=O) groups excluding carboxylic acids is 1. The molecule has 3 aromatic rings. The molecule has 0 bridgehead atoms. The van der Waals surface area contributed by atoms with Gasteiger partial charge >= 0.3 is 5.97 Å². The van der Waals surface area contributed by atoms with Crippen LogP contribution in [0, 0.1) is 5.92 Å². The Morgan fingerprint density at radius 1 is 1.09 bits per heavy atom. The number of benzene rings is 2. The number of rotatable bonds is 8. The molecule has 1 saturated carbocycles. The van der Waals surface area contributed by atoms with Crippen LogP contribution < -0.4 is 10.1 Å². The van der Waals surface area contributed by atoms with E-state index >= 15 is 0 Å². The van der Waals surface area contributed by atoms with E-state index in [4.69, 9.17) is 9.73 Å². The molecule has 0 radical (unpaired) electrons. The molecule has 45 heavy (non-hydrogen) atoms. The molecule has 1 aromatic heterocycles. The van der Waals surface area contributed by atoms with E-state index in [9.17, 15) is 14.7 Å². The quantitative estimate of drug-likeness (QED) is 0.326. The minimum atomic E-state index is -1.08. The van der Waals surface area contributed by atoms with Gasteiger partial charge < -0.3 is 14.7 Å². The van der Waals surface area contributed by atoms with Crippen LogP contribution in [0.15, 0.2) is 89.2 Å². The van der Waals surface area contributed by atoms with E-state index in [0.717, 1.165) is 67.6 Å². The summed E-state index contributed by atoms with van der Waals surface area (Å²) in [6.45, 7) is 2.88. The molecule has 2 aromatic carbocycles. The van der Waals surface area contributed by atoms with Gasteiger partial charge in [-0.2, -0.15) is 5.10 Å². The summed E-state index contributed by atoms with van der Waals surface area (Å²) in [4.78, 5) is 31.2. The summed E-state index contributed by atoms with van der Waals surface area (Å²) < 4.78 is 6.93. The summed E-state index contributed by atoms with van der Waals surface area (Å²) in [5.74, 6) is -0.400. The first-order chi connectivity index (χ1) is 21.9. The third kappa shape index (κ3) is 5.53. The zero-order chi connectivity index (χ0) is 31.1. The Bertz CT molecular complexity index is 1790. The molecule has 9 nitrogen and oxygen atoms in total. The summed E-state index contributed by atoms with van der Waals surface area (Å²) >= 11 is 0. The minimum absolute atomic E-state index is 0.0178. The highest BCUT2D eigenvalue weighted by Gasteiger charge is 2.34. The third-order valence-corrected chi connectivity index (χ3v) is 9.19. The lowest BCUT2D eigenvalue weighted by Crippen LogP contribution is -2.33. The number of fused-ring (bicyclic) bond motifs is 1. The van der Waals surface area contributed by atoms with Crippen molar-refractivity contribution in [3.8, 4) is 22.7 Å². The molecule has 2 aliphatic heterocycles. The van der Waals surface area contributed by atoms with E-state index < -0.39 is 5.97 Å². The Morgan fingerprint density at radius 3 is 2.67 bits per heavy atom. The maximum Gasteiger partial charge on any atom is 0.342 e. The van der Waals surface area contributed by atoms with Crippen LogP contribution in [-0.4, -0.2) is 57.2 Å². The minimum Gasteiger partial charge on any atom is -0.480 e. The van der Waals surface area contributed by atoms with Crippen LogP contribution in [0.25, 0.3) is 16.8 Å². The van der Waals surface area contributed by atoms with Crippen LogP contribution in [0.3, 0.4) is 0 Å². The van der Waals surface area contributed by atoms with Gasteiger partial charge in [-0.1, -0.05) is 43.3 Å². The molecular formula is C36H37N5O4. The number of nitrogens with one attached hydrogen (secondary N) is 1. The Morgan fingerprint density at radius 2 is 1.93 bits per heavy atom. The van der Waals surface area contributed by atoms with Crippen LogP contribution in [0.4, 0.5) is 0 Å². The molecule has 2 N–H and O–H groups in total. The van der Waals surface area contributed by atoms with Crippen LogP contribution >= 0.6 is 0 Å². The zero-order valence-electron chi connectivity index (χ0n) is 25.6. The van der Waals surface area contributed by atoms with Gasteiger partial charge in [0.05, 0.1) is 19.0 Å². The fourth-order valence-electron chi connectivity index (χ4n) is 6.76. The van der Waals surface area contributed by atoms with Gasteiger partial charge in [0.25, 0.3) is 0 Å². The summed E-state index contributed by atoms with van der Waals surface area (Å²) in [7, 11) is 1.45. The zero-order valence-corrected chi connectivity index (χ0v) is 25.6. The monoisotopic (exact) mass is 603 g/mol. The molecule has 0 spiro atoms.